The van der Waals surface area contributed by atoms with E-state index in [1.165, 1.54) is 0 Å². The van der Waals surface area contributed by atoms with Crippen molar-refractivity contribution in [3.63, 3.8) is 0 Å². The molecule has 0 aliphatic carbocycles. The van der Waals surface area contributed by atoms with Crippen LogP contribution in [0.5, 0.6) is 5.75 Å². The molecule has 140 valence electrons. The highest BCUT2D eigenvalue weighted by molar-refractivity contribution is 5.92. The van der Waals surface area contributed by atoms with Gasteiger partial charge in [0.2, 0.25) is 5.91 Å². The number of hydrogen-bond donors (Lipinski definition) is 3. The molecule has 0 aromatic heterocycles. The van der Waals surface area contributed by atoms with E-state index in [-0.39, 0.29) is 12.5 Å². The molecule has 2 aromatic rings. The Morgan fingerprint density at radius 2 is 1.85 bits per heavy atom. The van der Waals surface area contributed by atoms with Gasteiger partial charge in [-0.2, -0.15) is 5.26 Å². The van der Waals surface area contributed by atoms with Gasteiger partial charge in [-0.25, -0.2) is 4.79 Å². The smallest absolute Gasteiger partial charge is 0.319 e. The first-order valence-electron chi connectivity index (χ1n) is 8.60. The van der Waals surface area contributed by atoms with E-state index in [0.29, 0.717) is 31.0 Å². The van der Waals surface area contributed by atoms with E-state index in [0.717, 1.165) is 11.1 Å². The summed E-state index contributed by atoms with van der Waals surface area (Å²) in [5.74, 6) is 0.463. The van der Waals surface area contributed by atoms with Crippen LogP contribution in [-0.4, -0.2) is 25.0 Å². The number of nitrogens with zero attached hydrogens (tertiary/aromatic N) is 1. The van der Waals surface area contributed by atoms with Gasteiger partial charge in [-0.1, -0.05) is 24.3 Å². The monoisotopic (exact) mass is 366 g/mol. The Kier molecular flexibility index (Phi) is 7.67. The molecule has 0 fully saturated rings. The third-order valence-electron chi connectivity index (χ3n) is 3.58. The Labute approximate surface area is 158 Å². The van der Waals surface area contributed by atoms with Crippen LogP contribution < -0.4 is 20.7 Å². The minimum atomic E-state index is -0.451. The van der Waals surface area contributed by atoms with Crippen LogP contribution in [0.2, 0.25) is 0 Å². The molecule has 3 amide bonds. The first-order valence-corrected chi connectivity index (χ1v) is 8.60. The molecule has 3 N–H and O–H groups in total. The summed E-state index contributed by atoms with van der Waals surface area (Å²) >= 11 is 0. The number of nitriles is 1. The van der Waals surface area contributed by atoms with E-state index in [1.54, 1.807) is 12.1 Å². The Hall–Kier alpha value is -3.53. The number of nitrogens with one attached hydrogen (secondary N) is 3. The molecule has 7 heteroatoms. The van der Waals surface area contributed by atoms with Gasteiger partial charge in [0.25, 0.3) is 0 Å². The molecule has 0 saturated carbocycles. The van der Waals surface area contributed by atoms with Crippen LogP contribution in [0, 0.1) is 11.3 Å². The fourth-order valence-corrected chi connectivity index (χ4v) is 2.30. The maximum absolute atomic E-state index is 11.8. The van der Waals surface area contributed by atoms with Gasteiger partial charge in [0.15, 0.2) is 0 Å². The molecule has 0 saturated heterocycles. The molecule has 0 atom stereocenters. The van der Waals surface area contributed by atoms with Crippen molar-refractivity contribution in [1.29, 1.82) is 5.26 Å². The van der Waals surface area contributed by atoms with Crippen molar-refractivity contribution in [1.82, 2.24) is 10.6 Å². The number of anilines is 1. The minimum absolute atomic E-state index is 0.0791. The van der Waals surface area contributed by atoms with Crippen molar-refractivity contribution in [3.05, 3.63) is 59.7 Å². The zero-order valence-electron chi connectivity index (χ0n) is 15.1. The quantitative estimate of drug-likeness (QED) is 0.668. The summed E-state index contributed by atoms with van der Waals surface area (Å²) in [6.45, 7) is 2.59. The van der Waals surface area contributed by atoms with Crippen molar-refractivity contribution in [3.8, 4) is 11.8 Å². The molecule has 0 aliphatic rings. The van der Waals surface area contributed by atoms with E-state index in [2.05, 4.69) is 22.0 Å². The van der Waals surface area contributed by atoms with Crippen LogP contribution in [0.25, 0.3) is 0 Å². The van der Waals surface area contributed by atoms with Crippen molar-refractivity contribution >= 4 is 17.6 Å². The second-order valence-corrected chi connectivity index (χ2v) is 5.73. The van der Waals surface area contributed by atoms with E-state index < -0.39 is 6.03 Å². The van der Waals surface area contributed by atoms with Crippen molar-refractivity contribution < 1.29 is 14.3 Å². The van der Waals surface area contributed by atoms with Gasteiger partial charge in [-0.3, -0.25) is 4.79 Å². The zero-order chi connectivity index (χ0) is 19.5. The van der Waals surface area contributed by atoms with Crippen LogP contribution in [0.4, 0.5) is 10.5 Å². The number of rotatable bonds is 8. The van der Waals surface area contributed by atoms with Crippen LogP contribution in [-0.2, 0) is 17.8 Å². The predicted molar refractivity (Wildman–Crippen MR) is 102 cm³/mol. The Bertz CT molecular complexity index is 813. The van der Waals surface area contributed by atoms with Crippen LogP contribution in [0.15, 0.2) is 48.5 Å². The number of amides is 3. The summed E-state index contributed by atoms with van der Waals surface area (Å²) < 4.78 is 5.73. The maximum atomic E-state index is 11.8. The third kappa shape index (κ3) is 7.08. The highest BCUT2D eigenvalue weighted by Gasteiger charge is 2.05. The zero-order valence-corrected chi connectivity index (χ0v) is 15.1. The number of urea groups is 1. The fourth-order valence-electron chi connectivity index (χ4n) is 2.30. The number of hydrogen-bond acceptors (Lipinski definition) is 4. The average molecular weight is 366 g/mol. The topological polar surface area (TPSA) is 103 Å². The first kappa shape index (κ1) is 19.8. The molecular weight excluding hydrogens is 344 g/mol. The Balaban J connectivity index is 1.84. The normalized spacial score (nSPS) is 9.78. The van der Waals surface area contributed by atoms with E-state index in [4.69, 9.17) is 10.00 Å². The number of benzene rings is 2. The van der Waals surface area contributed by atoms with Crippen LogP contribution in [0.3, 0.4) is 0 Å². The molecule has 2 rings (SSSR count). The molecule has 0 unspecified atom stereocenters. The number of carbonyl (C=O) groups excluding carboxylic acids is 2. The number of ether oxygens (including phenoxy) is 1. The standard InChI is InChI=1S/C20H22N4O3/c1-2-22-19(25)13-23-20(26)24-17-5-3-4-16(12-17)14-27-18-8-6-15(7-9-18)10-11-21/h3-9,12H,2,10,13-14H2,1H3,(H,22,25)(H2,23,24,26). The van der Waals surface area contributed by atoms with Gasteiger partial charge < -0.3 is 20.7 Å². The SMILES string of the molecule is CCNC(=O)CNC(=O)Nc1cccc(COc2ccc(CC#N)cc2)c1. The van der Waals surface area contributed by atoms with Gasteiger partial charge >= 0.3 is 6.03 Å². The molecule has 7 nitrogen and oxygen atoms in total. The molecule has 0 bridgehead atoms. The van der Waals surface area contributed by atoms with Crippen LogP contribution in [0.1, 0.15) is 18.1 Å². The summed E-state index contributed by atoms with van der Waals surface area (Å²) in [4.78, 5) is 23.2. The molecule has 0 heterocycles. The lowest BCUT2D eigenvalue weighted by Gasteiger charge is -2.10. The first-order chi connectivity index (χ1) is 13.1. The van der Waals surface area contributed by atoms with Crippen molar-refractivity contribution in [2.24, 2.45) is 0 Å². The summed E-state index contributed by atoms with van der Waals surface area (Å²) in [7, 11) is 0. The Morgan fingerprint density at radius 1 is 1.07 bits per heavy atom. The Morgan fingerprint density at radius 3 is 2.56 bits per heavy atom. The third-order valence-corrected chi connectivity index (χ3v) is 3.58. The van der Waals surface area contributed by atoms with E-state index in [1.807, 2.05) is 43.3 Å². The largest absolute Gasteiger partial charge is 0.489 e. The van der Waals surface area contributed by atoms with Crippen LogP contribution >= 0.6 is 0 Å². The number of carbonyl (C=O) groups is 2. The second-order valence-electron chi connectivity index (χ2n) is 5.73. The lowest BCUT2D eigenvalue weighted by Crippen LogP contribution is -2.38. The predicted octanol–water partition coefficient (Wildman–Crippen LogP) is 2.59. The molecule has 0 radical (unpaired) electrons. The average Bonchev–Trinajstić information content (AvgIpc) is 2.67. The summed E-state index contributed by atoms with van der Waals surface area (Å²) in [5, 5.41) is 16.5. The summed E-state index contributed by atoms with van der Waals surface area (Å²) in [6, 6.07) is 16.3. The molecule has 0 aliphatic heterocycles. The molecule has 0 spiro atoms. The summed E-state index contributed by atoms with van der Waals surface area (Å²) in [5.41, 5.74) is 2.43. The van der Waals surface area contributed by atoms with Crippen molar-refractivity contribution in [2.75, 3.05) is 18.4 Å². The molecule has 27 heavy (non-hydrogen) atoms. The van der Waals surface area contributed by atoms with Gasteiger partial charge in [-0.05, 0) is 42.3 Å². The molecule has 2 aromatic carbocycles. The van der Waals surface area contributed by atoms with Gasteiger partial charge in [0.05, 0.1) is 19.0 Å². The second kappa shape index (κ2) is 10.5. The van der Waals surface area contributed by atoms with E-state index in [9.17, 15) is 9.59 Å². The highest BCUT2D eigenvalue weighted by atomic mass is 16.5. The van der Waals surface area contributed by atoms with Gasteiger partial charge in [0.1, 0.15) is 12.4 Å². The summed E-state index contributed by atoms with van der Waals surface area (Å²) in [6.07, 6.45) is 0.371. The fraction of sp³-hybridized carbons (Fsp3) is 0.250. The lowest BCUT2D eigenvalue weighted by atomic mass is 10.1. The van der Waals surface area contributed by atoms with E-state index >= 15 is 0 Å². The minimum Gasteiger partial charge on any atom is -0.489 e. The maximum Gasteiger partial charge on any atom is 0.319 e. The molecular formula is C20H22N4O3. The number of likely N-dealkylation sites (N-methyl/N-ethyl adjacent to an activating group) is 1. The van der Waals surface area contributed by atoms with Gasteiger partial charge in [-0.15, -0.1) is 0 Å². The lowest BCUT2D eigenvalue weighted by molar-refractivity contribution is -0.119. The van der Waals surface area contributed by atoms with Crippen molar-refractivity contribution in [2.45, 2.75) is 20.0 Å². The highest BCUT2D eigenvalue weighted by Crippen LogP contribution is 2.16. The van der Waals surface area contributed by atoms with Gasteiger partial charge in [0, 0.05) is 12.2 Å².